The summed E-state index contributed by atoms with van der Waals surface area (Å²) in [5.41, 5.74) is 1.67. The van der Waals surface area contributed by atoms with Gasteiger partial charge in [0.2, 0.25) is 0 Å². The van der Waals surface area contributed by atoms with E-state index in [0.717, 1.165) is 25.3 Å². The summed E-state index contributed by atoms with van der Waals surface area (Å²) in [5, 5.41) is 7.25. The van der Waals surface area contributed by atoms with E-state index in [2.05, 4.69) is 55.2 Å². The number of thiazole rings is 1. The normalized spacial score (nSPS) is 26.9. The molecule has 4 heteroatoms. The van der Waals surface area contributed by atoms with Crippen molar-refractivity contribution in [2.45, 2.75) is 71.5 Å². The number of aromatic nitrogens is 1. The number of nitrogens with zero attached hydrogens (tertiary/aromatic N) is 2. The number of nitrogens with one attached hydrogen (secondary N) is 1. The first-order valence-corrected chi connectivity index (χ1v) is 8.76. The largest absolute Gasteiger partial charge is 0.308 e. The Balaban J connectivity index is 2.19. The fourth-order valence-corrected chi connectivity index (χ4v) is 3.85. The van der Waals surface area contributed by atoms with Crippen LogP contribution in [0.15, 0.2) is 5.38 Å². The van der Waals surface area contributed by atoms with Crippen LogP contribution in [-0.4, -0.2) is 34.1 Å². The lowest BCUT2D eigenvalue weighted by atomic mass is 9.83. The topological polar surface area (TPSA) is 28.2 Å². The van der Waals surface area contributed by atoms with Gasteiger partial charge in [-0.2, -0.15) is 0 Å². The predicted molar refractivity (Wildman–Crippen MR) is 87.3 cm³/mol. The molecule has 2 heterocycles. The average Bonchev–Trinajstić information content (AvgIpc) is 2.87. The van der Waals surface area contributed by atoms with E-state index in [9.17, 15) is 0 Å². The molecule has 1 saturated heterocycles. The first-order valence-electron chi connectivity index (χ1n) is 7.88. The molecule has 114 valence electrons. The lowest BCUT2D eigenvalue weighted by Gasteiger charge is -2.53. The van der Waals surface area contributed by atoms with Crippen LogP contribution < -0.4 is 5.32 Å². The van der Waals surface area contributed by atoms with E-state index >= 15 is 0 Å². The quantitative estimate of drug-likeness (QED) is 0.900. The zero-order valence-electron chi connectivity index (χ0n) is 13.6. The van der Waals surface area contributed by atoms with Gasteiger partial charge in [0.25, 0.3) is 0 Å². The van der Waals surface area contributed by atoms with Crippen molar-refractivity contribution in [2.75, 3.05) is 13.1 Å². The standard InChI is InChI=1S/C16H29N3S/c1-6-15(5)11-17-16(7-2,8-3)12-19(15)9-14-18-13(4)10-20-14/h10,17H,6-9,11-12H2,1-5H3. The van der Waals surface area contributed by atoms with Gasteiger partial charge in [-0.1, -0.05) is 20.8 Å². The Morgan fingerprint density at radius 3 is 2.50 bits per heavy atom. The van der Waals surface area contributed by atoms with Gasteiger partial charge in [-0.25, -0.2) is 4.98 Å². The highest BCUT2D eigenvalue weighted by atomic mass is 32.1. The van der Waals surface area contributed by atoms with E-state index in [1.165, 1.54) is 24.3 Å². The molecule has 1 aliphatic heterocycles. The van der Waals surface area contributed by atoms with Crippen molar-refractivity contribution in [1.82, 2.24) is 15.2 Å². The van der Waals surface area contributed by atoms with Gasteiger partial charge < -0.3 is 5.32 Å². The van der Waals surface area contributed by atoms with E-state index in [-0.39, 0.29) is 11.1 Å². The highest BCUT2D eigenvalue weighted by molar-refractivity contribution is 7.09. The summed E-state index contributed by atoms with van der Waals surface area (Å²) in [4.78, 5) is 7.32. The Morgan fingerprint density at radius 2 is 2.00 bits per heavy atom. The molecule has 3 nitrogen and oxygen atoms in total. The average molecular weight is 295 g/mol. The van der Waals surface area contributed by atoms with Gasteiger partial charge in [0.05, 0.1) is 6.54 Å². The fourth-order valence-electron chi connectivity index (χ4n) is 3.06. The number of piperazine rings is 1. The zero-order valence-corrected chi connectivity index (χ0v) is 14.4. The van der Waals surface area contributed by atoms with Crippen molar-refractivity contribution < 1.29 is 0 Å². The SMILES string of the molecule is CCC1(CC)CN(Cc2nc(C)cs2)C(C)(CC)CN1. The molecule has 1 N–H and O–H groups in total. The van der Waals surface area contributed by atoms with Crippen LogP contribution in [0.3, 0.4) is 0 Å². The van der Waals surface area contributed by atoms with Crippen LogP contribution in [-0.2, 0) is 6.54 Å². The Kier molecular flexibility index (Phi) is 4.88. The molecular weight excluding hydrogens is 266 g/mol. The summed E-state index contributed by atoms with van der Waals surface area (Å²) in [6.07, 6.45) is 3.56. The second kappa shape index (κ2) is 6.12. The molecule has 1 fully saturated rings. The molecule has 1 aliphatic rings. The smallest absolute Gasteiger partial charge is 0.107 e. The minimum atomic E-state index is 0.243. The molecule has 0 aromatic carbocycles. The van der Waals surface area contributed by atoms with Crippen LogP contribution in [0.5, 0.6) is 0 Å². The second-order valence-corrected chi connectivity index (χ2v) is 7.37. The van der Waals surface area contributed by atoms with Crippen molar-refractivity contribution in [2.24, 2.45) is 0 Å². The van der Waals surface area contributed by atoms with Gasteiger partial charge in [-0.3, -0.25) is 4.90 Å². The van der Waals surface area contributed by atoms with Crippen molar-refractivity contribution in [3.63, 3.8) is 0 Å². The number of hydrogen-bond acceptors (Lipinski definition) is 4. The minimum absolute atomic E-state index is 0.243. The zero-order chi connectivity index (χ0) is 14.8. The highest BCUT2D eigenvalue weighted by Gasteiger charge is 2.42. The van der Waals surface area contributed by atoms with Gasteiger partial charge in [0, 0.05) is 35.2 Å². The van der Waals surface area contributed by atoms with Crippen LogP contribution in [0.1, 0.15) is 57.7 Å². The molecule has 1 atom stereocenters. The molecule has 1 aromatic heterocycles. The van der Waals surface area contributed by atoms with Crippen LogP contribution in [0.25, 0.3) is 0 Å². The van der Waals surface area contributed by atoms with Crippen molar-refractivity contribution in [3.05, 3.63) is 16.1 Å². The Morgan fingerprint density at radius 1 is 1.30 bits per heavy atom. The minimum Gasteiger partial charge on any atom is -0.308 e. The fraction of sp³-hybridized carbons (Fsp3) is 0.812. The van der Waals surface area contributed by atoms with Crippen molar-refractivity contribution >= 4 is 11.3 Å². The maximum Gasteiger partial charge on any atom is 0.107 e. The Labute approximate surface area is 127 Å². The molecule has 1 unspecified atom stereocenters. The molecule has 20 heavy (non-hydrogen) atoms. The summed E-state index contributed by atoms with van der Waals surface area (Å²) in [6.45, 7) is 14.6. The number of rotatable bonds is 5. The van der Waals surface area contributed by atoms with Crippen LogP contribution in [0.2, 0.25) is 0 Å². The molecular formula is C16H29N3S. The summed E-state index contributed by atoms with van der Waals surface area (Å²) < 4.78 is 0. The van der Waals surface area contributed by atoms with Gasteiger partial charge in [-0.05, 0) is 33.1 Å². The molecule has 0 saturated carbocycles. The van der Waals surface area contributed by atoms with E-state index in [1.54, 1.807) is 11.3 Å². The van der Waals surface area contributed by atoms with E-state index < -0.39 is 0 Å². The van der Waals surface area contributed by atoms with Crippen molar-refractivity contribution in [3.8, 4) is 0 Å². The summed E-state index contributed by atoms with van der Waals surface area (Å²) in [7, 11) is 0. The first-order chi connectivity index (χ1) is 9.47. The molecule has 2 rings (SSSR count). The lowest BCUT2D eigenvalue weighted by Crippen LogP contribution is -2.68. The second-order valence-electron chi connectivity index (χ2n) is 6.43. The van der Waals surface area contributed by atoms with Gasteiger partial charge >= 0.3 is 0 Å². The summed E-state index contributed by atoms with van der Waals surface area (Å²) in [5.74, 6) is 0. The summed E-state index contributed by atoms with van der Waals surface area (Å²) in [6, 6.07) is 0. The lowest BCUT2D eigenvalue weighted by molar-refractivity contribution is 0.00271. The van der Waals surface area contributed by atoms with Crippen molar-refractivity contribution in [1.29, 1.82) is 0 Å². The number of aryl methyl sites for hydroxylation is 1. The van der Waals surface area contributed by atoms with Gasteiger partial charge in [0.1, 0.15) is 5.01 Å². The van der Waals surface area contributed by atoms with Crippen LogP contribution >= 0.6 is 11.3 Å². The maximum atomic E-state index is 4.66. The third-order valence-electron chi connectivity index (χ3n) is 5.21. The third-order valence-corrected chi connectivity index (χ3v) is 6.16. The summed E-state index contributed by atoms with van der Waals surface area (Å²) >= 11 is 1.80. The van der Waals surface area contributed by atoms with E-state index in [1.807, 2.05) is 0 Å². The van der Waals surface area contributed by atoms with E-state index in [4.69, 9.17) is 0 Å². The van der Waals surface area contributed by atoms with Gasteiger partial charge in [0.15, 0.2) is 0 Å². The monoisotopic (exact) mass is 295 g/mol. The molecule has 0 radical (unpaired) electrons. The highest BCUT2D eigenvalue weighted by Crippen LogP contribution is 2.32. The third kappa shape index (κ3) is 3.07. The molecule has 0 bridgehead atoms. The Bertz CT molecular complexity index is 439. The number of hydrogen-bond donors (Lipinski definition) is 1. The van der Waals surface area contributed by atoms with Crippen LogP contribution in [0.4, 0.5) is 0 Å². The molecule has 0 amide bonds. The molecule has 0 spiro atoms. The maximum absolute atomic E-state index is 4.66. The van der Waals surface area contributed by atoms with Gasteiger partial charge in [-0.15, -0.1) is 11.3 Å². The molecule has 1 aromatic rings. The predicted octanol–water partition coefficient (Wildman–Crippen LogP) is 3.58. The van der Waals surface area contributed by atoms with E-state index in [0.29, 0.717) is 0 Å². The first kappa shape index (κ1) is 15.9. The Hall–Kier alpha value is -0.450. The van der Waals surface area contributed by atoms with Crippen LogP contribution in [0, 0.1) is 6.92 Å². The molecule has 0 aliphatic carbocycles.